The van der Waals surface area contributed by atoms with Gasteiger partial charge in [-0.1, -0.05) is 18.2 Å². The SMILES string of the molecule is CCOC(=O)[C@]12COCC[C@H]1CN(c1cc(C(N)=O)c3ccccc3n1)C2. The first-order valence-electron chi connectivity index (χ1n) is 9.24. The van der Waals surface area contributed by atoms with E-state index in [1.54, 1.807) is 6.07 Å². The summed E-state index contributed by atoms with van der Waals surface area (Å²) in [5, 5.41) is 0.730. The molecule has 0 unspecified atom stereocenters. The fourth-order valence-corrected chi connectivity index (χ4v) is 4.25. The van der Waals surface area contributed by atoms with Crippen molar-refractivity contribution in [3.05, 3.63) is 35.9 Å². The van der Waals surface area contributed by atoms with E-state index in [0.717, 1.165) is 11.8 Å². The second-order valence-corrected chi connectivity index (χ2v) is 7.20. The minimum Gasteiger partial charge on any atom is -0.465 e. The van der Waals surface area contributed by atoms with E-state index in [-0.39, 0.29) is 11.9 Å². The number of esters is 1. The van der Waals surface area contributed by atoms with Gasteiger partial charge < -0.3 is 20.1 Å². The number of hydrogen-bond acceptors (Lipinski definition) is 6. The molecule has 1 aromatic carbocycles. The number of anilines is 1. The molecule has 0 saturated carbocycles. The van der Waals surface area contributed by atoms with Crippen molar-refractivity contribution in [1.29, 1.82) is 0 Å². The summed E-state index contributed by atoms with van der Waals surface area (Å²) in [6.45, 7) is 4.27. The maximum atomic E-state index is 12.7. The number of ether oxygens (including phenoxy) is 2. The fourth-order valence-electron chi connectivity index (χ4n) is 4.25. The molecule has 142 valence electrons. The van der Waals surface area contributed by atoms with Gasteiger partial charge in [0.2, 0.25) is 5.91 Å². The summed E-state index contributed by atoms with van der Waals surface area (Å²) >= 11 is 0. The molecule has 3 heterocycles. The highest BCUT2D eigenvalue weighted by Crippen LogP contribution is 2.44. The number of aromatic nitrogens is 1. The Balaban J connectivity index is 1.74. The summed E-state index contributed by atoms with van der Waals surface area (Å²) in [5.74, 6) is 0.0826. The van der Waals surface area contributed by atoms with Crippen LogP contribution in [0.2, 0.25) is 0 Å². The van der Waals surface area contributed by atoms with Crippen LogP contribution < -0.4 is 10.6 Å². The minimum absolute atomic E-state index is 0.135. The lowest BCUT2D eigenvalue weighted by Crippen LogP contribution is -2.47. The Morgan fingerprint density at radius 2 is 2.22 bits per heavy atom. The second kappa shape index (κ2) is 6.81. The molecule has 2 atom stereocenters. The van der Waals surface area contributed by atoms with Gasteiger partial charge in [0.1, 0.15) is 11.2 Å². The first-order valence-corrected chi connectivity index (χ1v) is 9.24. The molecule has 1 amide bonds. The third-order valence-corrected chi connectivity index (χ3v) is 5.64. The lowest BCUT2D eigenvalue weighted by molar-refractivity contribution is -0.165. The lowest BCUT2D eigenvalue weighted by Gasteiger charge is -2.35. The molecule has 2 aliphatic rings. The van der Waals surface area contributed by atoms with Gasteiger partial charge in [0.15, 0.2) is 0 Å². The predicted octanol–water partition coefficient (Wildman–Crippen LogP) is 1.74. The number of carbonyl (C=O) groups is 2. The van der Waals surface area contributed by atoms with Crippen LogP contribution in [-0.2, 0) is 14.3 Å². The number of carbonyl (C=O) groups excluding carboxylic acids is 2. The van der Waals surface area contributed by atoms with Crippen LogP contribution in [0.15, 0.2) is 30.3 Å². The molecule has 1 aromatic heterocycles. The monoisotopic (exact) mass is 369 g/mol. The predicted molar refractivity (Wildman–Crippen MR) is 100 cm³/mol. The van der Waals surface area contributed by atoms with Gasteiger partial charge in [-0.05, 0) is 31.4 Å². The number of nitrogens with two attached hydrogens (primary N) is 1. The number of pyridine rings is 1. The molecule has 7 heteroatoms. The lowest BCUT2D eigenvalue weighted by atomic mass is 9.75. The molecule has 2 N–H and O–H groups in total. The van der Waals surface area contributed by atoms with Crippen LogP contribution in [0.3, 0.4) is 0 Å². The van der Waals surface area contributed by atoms with E-state index < -0.39 is 11.3 Å². The van der Waals surface area contributed by atoms with Gasteiger partial charge in [0, 0.05) is 25.1 Å². The highest BCUT2D eigenvalue weighted by molar-refractivity contribution is 6.06. The molecule has 0 aliphatic carbocycles. The van der Waals surface area contributed by atoms with Crippen molar-refractivity contribution < 1.29 is 19.1 Å². The average Bonchev–Trinajstić information content (AvgIpc) is 3.08. The second-order valence-electron chi connectivity index (χ2n) is 7.20. The van der Waals surface area contributed by atoms with Crippen molar-refractivity contribution in [2.24, 2.45) is 17.1 Å². The van der Waals surface area contributed by atoms with Gasteiger partial charge >= 0.3 is 5.97 Å². The molecular formula is C20H23N3O4. The van der Waals surface area contributed by atoms with Crippen LogP contribution in [0.4, 0.5) is 5.82 Å². The highest BCUT2D eigenvalue weighted by Gasteiger charge is 2.55. The molecule has 2 saturated heterocycles. The smallest absolute Gasteiger partial charge is 0.316 e. The van der Waals surface area contributed by atoms with Crippen molar-refractivity contribution in [1.82, 2.24) is 4.98 Å². The van der Waals surface area contributed by atoms with Gasteiger partial charge in [0.05, 0.1) is 24.3 Å². The Kier molecular flexibility index (Phi) is 4.47. The van der Waals surface area contributed by atoms with Gasteiger partial charge in [-0.2, -0.15) is 0 Å². The summed E-state index contributed by atoms with van der Waals surface area (Å²) in [4.78, 5) is 31.5. The van der Waals surface area contributed by atoms with E-state index in [9.17, 15) is 9.59 Å². The van der Waals surface area contributed by atoms with E-state index in [1.807, 2.05) is 31.2 Å². The Labute approximate surface area is 157 Å². The van der Waals surface area contributed by atoms with Crippen LogP contribution in [0.25, 0.3) is 10.9 Å². The normalized spacial score (nSPS) is 24.6. The zero-order chi connectivity index (χ0) is 19.0. The molecule has 0 bridgehead atoms. The van der Waals surface area contributed by atoms with E-state index in [2.05, 4.69) is 4.90 Å². The maximum Gasteiger partial charge on any atom is 0.316 e. The summed E-state index contributed by atoms with van der Waals surface area (Å²) in [6.07, 6.45) is 0.797. The summed E-state index contributed by atoms with van der Waals surface area (Å²) in [6, 6.07) is 9.15. The number of fused-ring (bicyclic) bond motifs is 2. The Morgan fingerprint density at radius 3 is 3.00 bits per heavy atom. The number of nitrogens with zero attached hydrogens (tertiary/aromatic N) is 2. The van der Waals surface area contributed by atoms with E-state index >= 15 is 0 Å². The number of para-hydroxylation sites is 1. The Bertz CT molecular complexity index is 900. The van der Waals surface area contributed by atoms with Gasteiger partial charge in [-0.15, -0.1) is 0 Å². The van der Waals surface area contributed by atoms with Crippen LogP contribution in [-0.4, -0.2) is 49.8 Å². The van der Waals surface area contributed by atoms with Crippen molar-refractivity contribution in [3.8, 4) is 0 Å². The molecular weight excluding hydrogens is 346 g/mol. The maximum absolute atomic E-state index is 12.7. The molecule has 7 nitrogen and oxygen atoms in total. The summed E-state index contributed by atoms with van der Waals surface area (Å²) in [7, 11) is 0. The topological polar surface area (TPSA) is 94.8 Å². The van der Waals surface area contributed by atoms with E-state index in [1.165, 1.54) is 0 Å². The first kappa shape index (κ1) is 17.7. The molecule has 2 aliphatic heterocycles. The van der Waals surface area contributed by atoms with E-state index in [0.29, 0.717) is 49.8 Å². The molecule has 0 spiro atoms. The van der Waals surface area contributed by atoms with Crippen LogP contribution >= 0.6 is 0 Å². The molecule has 27 heavy (non-hydrogen) atoms. The summed E-state index contributed by atoms with van der Waals surface area (Å²) in [5.41, 5.74) is 6.06. The third kappa shape index (κ3) is 2.92. The van der Waals surface area contributed by atoms with Gasteiger partial charge in [0.25, 0.3) is 0 Å². The third-order valence-electron chi connectivity index (χ3n) is 5.64. The van der Waals surface area contributed by atoms with Gasteiger partial charge in [-0.3, -0.25) is 9.59 Å². The fraction of sp³-hybridized carbons (Fsp3) is 0.450. The van der Waals surface area contributed by atoms with Crippen molar-refractivity contribution in [3.63, 3.8) is 0 Å². The van der Waals surface area contributed by atoms with Gasteiger partial charge in [-0.25, -0.2) is 4.98 Å². The van der Waals surface area contributed by atoms with Crippen molar-refractivity contribution >= 4 is 28.6 Å². The first-order chi connectivity index (χ1) is 13.0. The largest absolute Gasteiger partial charge is 0.465 e. The van der Waals surface area contributed by atoms with Crippen LogP contribution in [0, 0.1) is 11.3 Å². The molecule has 2 aromatic rings. The number of amides is 1. The minimum atomic E-state index is -0.686. The van der Waals surface area contributed by atoms with Crippen molar-refractivity contribution in [2.75, 3.05) is 37.8 Å². The highest BCUT2D eigenvalue weighted by atomic mass is 16.5. The van der Waals surface area contributed by atoms with Crippen molar-refractivity contribution in [2.45, 2.75) is 13.3 Å². The summed E-state index contributed by atoms with van der Waals surface area (Å²) < 4.78 is 11.0. The Morgan fingerprint density at radius 1 is 1.41 bits per heavy atom. The zero-order valence-corrected chi connectivity index (χ0v) is 15.3. The van der Waals surface area contributed by atoms with E-state index in [4.69, 9.17) is 20.2 Å². The Hall–Kier alpha value is -2.67. The van der Waals surface area contributed by atoms with Crippen LogP contribution in [0.5, 0.6) is 0 Å². The number of rotatable bonds is 4. The number of hydrogen-bond donors (Lipinski definition) is 1. The van der Waals surface area contributed by atoms with Crippen LogP contribution in [0.1, 0.15) is 23.7 Å². The molecule has 0 radical (unpaired) electrons. The zero-order valence-electron chi connectivity index (χ0n) is 15.3. The quantitative estimate of drug-likeness (QED) is 0.825. The number of primary amides is 1. The standard InChI is InChI=1S/C20H23N3O4/c1-2-27-19(25)20-11-23(10-13(20)7-8-26-12-20)17-9-15(18(21)24)14-5-3-4-6-16(14)22-17/h3-6,9,13H,2,7-8,10-12H2,1H3,(H2,21,24)/t13-,20+/m0/s1. The number of benzene rings is 1. The molecule has 4 rings (SSSR count). The molecule has 2 fully saturated rings. The average molecular weight is 369 g/mol.